The second-order valence-electron chi connectivity index (χ2n) is 6.43. The maximum Gasteiger partial charge on any atom is 0.338 e. The second-order valence-corrected chi connectivity index (χ2v) is 7.55. The van der Waals surface area contributed by atoms with E-state index in [1.807, 2.05) is 24.3 Å². The van der Waals surface area contributed by atoms with Crippen molar-refractivity contribution in [3.05, 3.63) is 65.2 Å². The van der Waals surface area contributed by atoms with Crippen LogP contribution in [0.5, 0.6) is 0 Å². The lowest BCUT2D eigenvalue weighted by Gasteiger charge is -2.22. The molecule has 3 rings (SSSR count). The molecule has 0 radical (unpaired) electrons. The first-order valence-electron chi connectivity index (χ1n) is 9.09. The van der Waals surface area contributed by atoms with E-state index in [2.05, 4.69) is 5.32 Å². The van der Waals surface area contributed by atoms with Gasteiger partial charge >= 0.3 is 5.97 Å². The second kappa shape index (κ2) is 8.91. The van der Waals surface area contributed by atoms with Crippen LogP contribution < -0.4 is 10.2 Å². The van der Waals surface area contributed by atoms with Crippen molar-refractivity contribution < 1.29 is 19.1 Å². The van der Waals surface area contributed by atoms with Gasteiger partial charge in [0.25, 0.3) is 0 Å². The molecular weight excluding hydrogens is 390 g/mol. The summed E-state index contributed by atoms with van der Waals surface area (Å²) in [5.74, 6) is -0.789. The molecule has 2 amide bonds. The molecule has 0 aliphatic carbocycles. The van der Waals surface area contributed by atoms with Gasteiger partial charge in [0.1, 0.15) is 5.25 Å². The lowest BCUT2D eigenvalue weighted by atomic mass is 10.1. The topological polar surface area (TPSA) is 99.6 Å². The molecule has 1 fully saturated rings. The standard InChI is InChI=1S/C21H21N3O4S/c1-3-28-20(27)16-5-4-6-17(11-16)24(13(2)25)12-14-7-9-15(10-8-14)18-19(26)23-21(22)29-18/h4-11,18H,3,12H2,1-2H3,(H2,22,23,26). The molecular formula is C21H21N3O4S. The van der Waals surface area contributed by atoms with Crippen molar-refractivity contribution in [3.63, 3.8) is 0 Å². The first-order chi connectivity index (χ1) is 13.9. The number of hydrogen-bond acceptors (Lipinski definition) is 6. The van der Waals surface area contributed by atoms with Crippen LogP contribution in [0.1, 0.15) is 40.6 Å². The third-order valence-electron chi connectivity index (χ3n) is 4.38. The summed E-state index contributed by atoms with van der Waals surface area (Å²) in [7, 11) is 0. The molecule has 1 aliphatic heterocycles. The molecule has 1 unspecified atom stereocenters. The zero-order valence-electron chi connectivity index (χ0n) is 16.1. The number of nitrogens with one attached hydrogen (secondary N) is 2. The van der Waals surface area contributed by atoms with E-state index >= 15 is 0 Å². The van der Waals surface area contributed by atoms with Crippen molar-refractivity contribution in [1.82, 2.24) is 5.32 Å². The normalized spacial score (nSPS) is 15.7. The average molecular weight is 411 g/mol. The number of rotatable bonds is 6. The minimum atomic E-state index is -0.430. The number of hydrogen-bond donors (Lipinski definition) is 2. The van der Waals surface area contributed by atoms with Crippen LogP contribution in [-0.2, 0) is 20.9 Å². The number of nitrogens with zero attached hydrogens (tertiary/aromatic N) is 1. The summed E-state index contributed by atoms with van der Waals surface area (Å²) in [5.41, 5.74) is 2.67. The van der Waals surface area contributed by atoms with E-state index in [1.54, 1.807) is 36.1 Å². The largest absolute Gasteiger partial charge is 0.462 e. The Morgan fingerprint density at radius 2 is 1.93 bits per heavy atom. The molecule has 0 saturated carbocycles. The van der Waals surface area contributed by atoms with Crippen LogP contribution in [0.4, 0.5) is 5.69 Å². The zero-order chi connectivity index (χ0) is 21.0. The molecule has 2 N–H and O–H groups in total. The Bertz CT molecular complexity index is 959. The van der Waals surface area contributed by atoms with Crippen molar-refractivity contribution in [2.45, 2.75) is 25.6 Å². The van der Waals surface area contributed by atoms with Gasteiger partial charge < -0.3 is 15.0 Å². The molecule has 29 heavy (non-hydrogen) atoms. The molecule has 0 spiro atoms. The Labute approximate surface area is 172 Å². The molecule has 8 heteroatoms. The maximum absolute atomic E-state index is 12.2. The van der Waals surface area contributed by atoms with Crippen LogP contribution in [0.15, 0.2) is 48.5 Å². The zero-order valence-corrected chi connectivity index (χ0v) is 16.9. The number of amidine groups is 1. The van der Waals surface area contributed by atoms with E-state index in [9.17, 15) is 14.4 Å². The van der Waals surface area contributed by atoms with E-state index < -0.39 is 11.2 Å². The summed E-state index contributed by atoms with van der Waals surface area (Å²) in [4.78, 5) is 37.7. The van der Waals surface area contributed by atoms with Gasteiger partial charge in [0.05, 0.1) is 18.7 Å². The van der Waals surface area contributed by atoms with Gasteiger partial charge in [-0.25, -0.2) is 4.79 Å². The van der Waals surface area contributed by atoms with Crippen molar-refractivity contribution in [2.75, 3.05) is 11.5 Å². The van der Waals surface area contributed by atoms with Crippen LogP contribution in [0.2, 0.25) is 0 Å². The Hall–Kier alpha value is -3.13. The highest BCUT2D eigenvalue weighted by molar-refractivity contribution is 8.15. The minimum Gasteiger partial charge on any atom is -0.462 e. The van der Waals surface area contributed by atoms with Gasteiger partial charge in [-0.2, -0.15) is 0 Å². The number of carbonyl (C=O) groups excluding carboxylic acids is 3. The monoisotopic (exact) mass is 411 g/mol. The van der Waals surface area contributed by atoms with Crippen LogP contribution in [0, 0.1) is 5.41 Å². The lowest BCUT2D eigenvalue weighted by Crippen LogP contribution is -2.28. The summed E-state index contributed by atoms with van der Waals surface area (Å²) in [6.45, 7) is 3.81. The molecule has 0 aromatic heterocycles. The predicted molar refractivity (Wildman–Crippen MR) is 112 cm³/mol. The summed E-state index contributed by atoms with van der Waals surface area (Å²) in [5, 5.41) is 9.77. The van der Waals surface area contributed by atoms with Gasteiger partial charge in [0.15, 0.2) is 5.17 Å². The van der Waals surface area contributed by atoms with Gasteiger partial charge in [0, 0.05) is 12.6 Å². The van der Waals surface area contributed by atoms with Gasteiger partial charge in [-0.1, -0.05) is 42.1 Å². The van der Waals surface area contributed by atoms with Gasteiger partial charge in [-0.15, -0.1) is 0 Å². The third kappa shape index (κ3) is 4.83. The summed E-state index contributed by atoms with van der Waals surface area (Å²) < 4.78 is 5.03. The van der Waals surface area contributed by atoms with Crippen molar-refractivity contribution in [2.24, 2.45) is 0 Å². The number of amides is 2. The fraction of sp³-hybridized carbons (Fsp3) is 0.238. The third-order valence-corrected chi connectivity index (χ3v) is 5.44. The van der Waals surface area contributed by atoms with Gasteiger partial charge in [-0.05, 0) is 36.2 Å². The minimum absolute atomic E-state index is 0.147. The van der Waals surface area contributed by atoms with Gasteiger partial charge in [-0.3, -0.25) is 15.0 Å². The molecule has 1 aliphatic rings. The maximum atomic E-state index is 12.2. The number of ether oxygens (including phenoxy) is 1. The predicted octanol–water partition coefficient (Wildman–Crippen LogP) is 3.26. The van der Waals surface area contributed by atoms with Crippen molar-refractivity contribution in [3.8, 4) is 0 Å². The highest BCUT2D eigenvalue weighted by Crippen LogP contribution is 2.33. The Morgan fingerprint density at radius 1 is 1.21 bits per heavy atom. The lowest BCUT2D eigenvalue weighted by molar-refractivity contribution is -0.119. The number of benzene rings is 2. The average Bonchev–Trinajstić information content (AvgIpc) is 3.04. The van der Waals surface area contributed by atoms with Crippen LogP contribution >= 0.6 is 11.8 Å². The molecule has 7 nitrogen and oxygen atoms in total. The van der Waals surface area contributed by atoms with E-state index in [1.165, 1.54) is 18.7 Å². The number of esters is 1. The molecule has 0 bridgehead atoms. The smallest absolute Gasteiger partial charge is 0.338 e. The fourth-order valence-corrected chi connectivity index (χ4v) is 3.83. The molecule has 1 heterocycles. The van der Waals surface area contributed by atoms with Crippen molar-refractivity contribution in [1.29, 1.82) is 5.41 Å². The van der Waals surface area contributed by atoms with Crippen molar-refractivity contribution >= 4 is 40.4 Å². The highest BCUT2D eigenvalue weighted by Gasteiger charge is 2.30. The summed E-state index contributed by atoms with van der Waals surface area (Å²) in [6.07, 6.45) is 0. The molecule has 2 aromatic rings. The fourth-order valence-electron chi connectivity index (χ4n) is 2.98. The molecule has 1 atom stereocenters. The number of thioether (sulfide) groups is 1. The van der Waals surface area contributed by atoms with Crippen LogP contribution in [-0.4, -0.2) is 29.6 Å². The molecule has 150 valence electrons. The van der Waals surface area contributed by atoms with Crippen LogP contribution in [0.25, 0.3) is 0 Å². The Balaban J connectivity index is 1.78. The Morgan fingerprint density at radius 3 is 2.52 bits per heavy atom. The van der Waals surface area contributed by atoms with E-state index in [4.69, 9.17) is 10.1 Å². The van der Waals surface area contributed by atoms with E-state index in [0.717, 1.165) is 11.1 Å². The van der Waals surface area contributed by atoms with E-state index in [0.29, 0.717) is 17.8 Å². The van der Waals surface area contributed by atoms with Crippen LogP contribution in [0.3, 0.4) is 0 Å². The molecule has 2 aromatic carbocycles. The van der Waals surface area contributed by atoms with Gasteiger partial charge in [0.2, 0.25) is 11.8 Å². The first-order valence-corrected chi connectivity index (χ1v) is 9.97. The summed E-state index contributed by atoms with van der Waals surface area (Å²) >= 11 is 1.17. The first kappa shape index (κ1) is 20.6. The number of anilines is 1. The molecule has 1 saturated heterocycles. The SMILES string of the molecule is CCOC(=O)c1cccc(N(Cc2ccc(C3SC(=N)NC3=O)cc2)C(C)=O)c1. The van der Waals surface area contributed by atoms with E-state index in [-0.39, 0.29) is 23.6 Å². The quantitative estimate of drug-likeness (QED) is 0.711. The summed E-state index contributed by atoms with van der Waals surface area (Å²) in [6, 6.07) is 14.1. The highest BCUT2D eigenvalue weighted by atomic mass is 32.2. The Kier molecular flexibility index (Phi) is 6.33. The number of carbonyl (C=O) groups is 3.